The standard InChI is InChI=1S/C20H25N5O/c1-13(2)12-25-19(23-17-8-4-3-7-15(17)20(25)26)16-11-22-24-18(16)14-6-5-9-21-10-14/h3-10,13,16,18-19,22-24H,11-12H2,1-2H3. The Morgan fingerprint density at radius 2 is 2.08 bits per heavy atom. The van der Waals surface area contributed by atoms with Crippen molar-refractivity contribution < 1.29 is 4.79 Å². The summed E-state index contributed by atoms with van der Waals surface area (Å²) in [7, 11) is 0. The summed E-state index contributed by atoms with van der Waals surface area (Å²) in [5.74, 6) is 0.692. The molecular weight excluding hydrogens is 326 g/mol. The van der Waals surface area contributed by atoms with Crippen molar-refractivity contribution in [2.45, 2.75) is 26.1 Å². The second-order valence-electron chi connectivity index (χ2n) is 7.44. The fraction of sp³-hybridized carbons (Fsp3) is 0.400. The molecule has 1 amide bonds. The smallest absolute Gasteiger partial charge is 0.257 e. The number of hydrogen-bond acceptors (Lipinski definition) is 5. The summed E-state index contributed by atoms with van der Waals surface area (Å²) < 4.78 is 0. The molecule has 136 valence electrons. The Hall–Kier alpha value is -2.44. The first-order valence-electron chi connectivity index (χ1n) is 9.20. The number of para-hydroxylation sites is 1. The third-order valence-corrected chi connectivity index (χ3v) is 5.09. The van der Waals surface area contributed by atoms with Crippen LogP contribution < -0.4 is 16.2 Å². The molecule has 0 radical (unpaired) electrons. The highest BCUT2D eigenvalue weighted by Crippen LogP contribution is 2.35. The van der Waals surface area contributed by atoms with E-state index in [2.05, 4.69) is 41.1 Å². The quantitative estimate of drug-likeness (QED) is 0.789. The molecular formula is C20H25N5O. The van der Waals surface area contributed by atoms with Crippen LogP contribution in [0.25, 0.3) is 0 Å². The van der Waals surface area contributed by atoms with Crippen LogP contribution in [-0.4, -0.2) is 35.0 Å². The highest BCUT2D eigenvalue weighted by Gasteiger charge is 2.42. The number of rotatable bonds is 4. The molecule has 26 heavy (non-hydrogen) atoms. The molecule has 0 bridgehead atoms. The minimum Gasteiger partial charge on any atom is -0.364 e. The van der Waals surface area contributed by atoms with E-state index in [-0.39, 0.29) is 24.0 Å². The van der Waals surface area contributed by atoms with Crippen molar-refractivity contribution in [3.05, 3.63) is 59.9 Å². The minimum absolute atomic E-state index is 0.0764. The molecule has 1 fully saturated rings. The van der Waals surface area contributed by atoms with E-state index in [1.165, 1.54) is 0 Å². The molecule has 1 aromatic carbocycles. The summed E-state index contributed by atoms with van der Waals surface area (Å²) >= 11 is 0. The monoisotopic (exact) mass is 351 g/mol. The minimum atomic E-state index is -0.0764. The number of carbonyl (C=O) groups is 1. The third kappa shape index (κ3) is 3.06. The average molecular weight is 351 g/mol. The van der Waals surface area contributed by atoms with Gasteiger partial charge in [0.1, 0.15) is 6.17 Å². The number of amides is 1. The van der Waals surface area contributed by atoms with Gasteiger partial charge in [-0.1, -0.05) is 32.0 Å². The van der Waals surface area contributed by atoms with Gasteiger partial charge in [0.25, 0.3) is 5.91 Å². The third-order valence-electron chi connectivity index (χ3n) is 5.09. The number of aromatic nitrogens is 1. The van der Waals surface area contributed by atoms with Gasteiger partial charge in [0, 0.05) is 37.1 Å². The number of hydrogen-bond donors (Lipinski definition) is 3. The average Bonchev–Trinajstić information content (AvgIpc) is 3.14. The van der Waals surface area contributed by atoms with Gasteiger partial charge in [-0.3, -0.25) is 15.2 Å². The maximum Gasteiger partial charge on any atom is 0.257 e. The van der Waals surface area contributed by atoms with Crippen LogP contribution in [0.5, 0.6) is 0 Å². The molecule has 0 spiro atoms. The van der Waals surface area contributed by atoms with E-state index >= 15 is 0 Å². The van der Waals surface area contributed by atoms with Gasteiger partial charge in [-0.05, 0) is 29.7 Å². The van der Waals surface area contributed by atoms with Crippen molar-refractivity contribution in [2.24, 2.45) is 11.8 Å². The predicted molar refractivity (Wildman–Crippen MR) is 101 cm³/mol. The molecule has 3 heterocycles. The van der Waals surface area contributed by atoms with Crippen molar-refractivity contribution in [3.8, 4) is 0 Å². The van der Waals surface area contributed by atoms with Crippen LogP contribution in [0.15, 0.2) is 48.8 Å². The molecule has 6 heteroatoms. The Kier molecular flexibility index (Phi) is 4.61. The normalized spacial score (nSPS) is 25.3. The van der Waals surface area contributed by atoms with E-state index in [1.807, 2.05) is 41.4 Å². The summed E-state index contributed by atoms with van der Waals surface area (Å²) in [4.78, 5) is 19.4. The lowest BCUT2D eigenvalue weighted by atomic mass is 9.90. The number of benzene rings is 1. The lowest BCUT2D eigenvalue weighted by molar-refractivity contribution is 0.0588. The number of hydrazine groups is 1. The van der Waals surface area contributed by atoms with E-state index in [1.54, 1.807) is 6.20 Å². The van der Waals surface area contributed by atoms with Crippen molar-refractivity contribution >= 4 is 11.6 Å². The first kappa shape index (κ1) is 17.0. The topological polar surface area (TPSA) is 69.3 Å². The van der Waals surface area contributed by atoms with Crippen LogP contribution in [0, 0.1) is 11.8 Å². The number of nitrogens with zero attached hydrogens (tertiary/aromatic N) is 2. The lowest BCUT2D eigenvalue weighted by Crippen LogP contribution is -2.55. The molecule has 1 aromatic heterocycles. The predicted octanol–water partition coefficient (Wildman–Crippen LogP) is 2.40. The van der Waals surface area contributed by atoms with Crippen molar-refractivity contribution in [1.82, 2.24) is 20.7 Å². The zero-order chi connectivity index (χ0) is 18.1. The Morgan fingerprint density at radius 3 is 2.85 bits per heavy atom. The van der Waals surface area contributed by atoms with Gasteiger partial charge in [0.15, 0.2) is 0 Å². The highest BCUT2D eigenvalue weighted by atomic mass is 16.2. The number of fused-ring (bicyclic) bond motifs is 1. The molecule has 0 aliphatic carbocycles. The molecule has 2 aliphatic rings. The highest BCUT2D eigenvalue weighted by molar-refractivity contribution is 6.01. The lowest BCUT2D eigenvalue weighted by Gasteiger charge is -2.43. The number of nitrogens with one attached hydrogen (secondary N) is 3. The van der Waals surface area contributed by atoms with Crippen LogP contribution in [0.2, 0.25) is 0 Å². The first-order valence-corrected chi connectivity index (χ1v) is 9.20. The van der Waals surface area contributed by atoms with Crippen LogP contribution >= 0.6 is 0 Å². The molecule has 0 saturated carbocycles. The molecule has 2 aliphatic heterocycles. The van der Waals surface area contributed by atoms with Crippen molar-refractivity contribution in [1.29, 1.82) is 0 Å². The second-order valence-corrected chi connectivity index (χ2v) is 7.44. The van der Waals surface area contributed by atoms with E-state index in [4.69, 9.17) is 0 Å². The molecule has 2 aromatic rings. The van der Waals surface area contributed by atoms with E-state index in [0.29, 0.717) is 5.92 Å². The van der Waals surface area contributed by atoms with Gasteiger partial charge in [-0.2, -0.15) is 0 Å². The van der Waals surface area contributed by atoms with Crippen LogP contribution in [0.1, 0.15) is 35.8 Å². The van der Waals surface area contributed by atoms with Crippen LogP contribution in [-0.2, 0) is 0 Å². The Balaban J connectivity index is 1.69. The number of carbonyl (C=O) groups excluding carboxylic acids is 1. The number of anilines is 1. The van der Waals surface area contributed by atoms with Crippen molar-refractivity contribution in [3.63, 3.8) is 0 Å². The Labute approximate surface area is 154 Å². The zero-order valence-electron chi connectivity index (χ0n) is 15.1. The van der Waals surface area contributed by atoms with Gasteiger partial charge in [0.2, 0.25) is 0 Å². The molecule has 1 saturated heterocycles. The number of pyridine rings is 1. The van der Waals surface area contributed by atoms with Gasteiger partial charge < -0.3 is 10.2 Å². The van der Waals surface area contributed by atoms with Gasteiger partial charge in [0.05, 0.1) is 11.6 Å². The maximum atomic E-state index is 13.2. The van der Waals surface area contributed by atoms with Crippen LogP contribution in [0.4, 0.5) is 5.69 Å². The fourth-order valence-electron chi connectivity index (χ4n) is 3.94. The summed E-state index contributed by atoms with van der Waals surface area (Å²) in [6.07, 6.45) is 3.60. The summed E-state index contributed by atoms with van der Waals surface area (Å²) in [5, 5.41) is 3.63. The van der Waals surface area contributed by atoms with Crippen LogP contribution in [0.3, 0.4) is 0 Å². The summed E-state index contributed by atoms with van der Waals surface area (Å²) in [5.41, 5.74) is 9.43. The molecule has 4 rings (SSSR count). The van der Waals surface area contributed by atoms with Gasteiger partial charge in [-0.25, -0.2) is 5.43 Å². The summed E-state index contributed by atoms with van der Waals surface area (Å²) in [6, 6.07) is 11.9. The summed E-state index contributed by atoms with van der Waals surface area (Å²) in [6.45, 7) is 5.80. The fourth-order valence-corrected chi connectivity index (χ4v) is 3.94. The first-order chi connectivity index (χ1) is 12.6. The second kappa shape index (κ2) is 7.05. The van der Waals surface area contributed by atoms with E-state index in [0.717, 1.165) is 29.9 Å². The maximum absolute atomic E-state index is 13.2. The SMILES string of the molecule is CC(C)CN1C(=O)c2ccccc2NC1C1CNNC1c1cccnc1. The van der Waals surface area contributed by atoms with Crippen molar-refractivity contribution in [2.75, 3.05) is 18.4 Å². The zero-order valence-corrected chi connectivity index (χ0v) is 15.1. The van der Waals surface area contributed by atoms with E-state index < -0.39 is 0 Å². The molecule has 6 nitrogen and oxygen atoms in total. The molecule has 3 atom stereocenters. The molecule has 3 unspecified atom stereocenters. The Bertz CT molecular complexity index is 779. The largest absolute Gasteiger partial charge is 0.364 e. The van der Waals surface area contributed by atoms with E-state index in [9.17, 15) is 4.79 Å². The van der Waals surface area contributed by atoms with Gasteiger partial charge in [-0.15, -0.1) is 0 Å². The molecule has 3 N–H and O–H groups in total. The van der Waals surface area contributed by atoms with Gasteiger partial charge >= 0.3 is 0 Å². The Morgan fingerprint density at radius 1 is 1.23 bits per heavy atom.